The van der Waals surface area contributed by atoms with Crippen LogP contribution in [0.1, 0.15) is 12.0 Å². The van der Waals surface area contributed by atoms with E-state index in [-0.39, 0.29) is 5.91 Å². The third-order valence-corrected chi connectivity index (χ3v) is 4.04. The van der Waals surface area contributed by atoms with Gasteiger partial charge >= 0.3 is 0 Å². The van der Waals surface area contributed by atoms with Crippen molar-refractivity contribution in [1.82, 2.24) is 4.90 Å². The molecule has 0 saturated heterocycles. The van der Waals surface area contributed by atoms with Crippen molar-refractivity contribution in [3.05, 3.63) is 48.0 Å². The molecule has 0 unspecified atom stereocenters. The Morgan fingerprint density at radius 2 is 1.73 bits per heavy atom. The van der Waals surface area contributed by atoms with Gasteiger partial charge in [-0.2, -0.15) is 0 Å². The molecule has 0 fully saturated rings. The molecule has 2 rings (SSSR count). The average molecular weight is 358 g/mol. The van der Waals surface area contributed by atoms with Crippen LogP contribution in [0.3, 0.4) is 0 Å². The lowest BCUT2D eigenvalue weighted by atomic mass is 10.1. The molecule has 1 amide bonds. The standard InChI is InChI=1S/C20H26N2O4/c1-22(14-15-9-10-16(24-2)13-19(15)26-4)12-11-20(23)21-17-7-5-6-8-18(17)25-3/h5-10,13H,11-12,14H2,1-4H3,(H,21,23). The van der Waals surface area contributed by atoms with Gasteiger partial charge in [-0.15, -0.1) is 0 Å². The molecule has 0 atom stereocenters. The smallest absolute Gasteiger partial charge is 0.225 e. The fourth-order valence-electron chi connectivity index (χ4n) is 2.61. The Morgan fingerprint density at radius 3 is 2.42 bits per heavy atom. The summed E-state index contributed by atoms with van der Waals surface area (Å²) >= 11 is 0. The van der Waals surface area contributed by atoms with Gasteiger partial charge in [0.15, 0.2) is 0 Å². The quantitative estimate of drug-likeness (QED) is 0.746. The highest BCUT2D eigenvalue weighted by Crippen LogP contribution is 2.26. The molecule has 0 spiro atoms. The average Bonchev–Trinajstić information content (AvgIpc) is 2.67. The van der Waals surface area contributed by atoms with Crippen LogP contribution in [0.25, 0.3) is 0 Å². The van der Waals surface area contributed by atoms with Crippen molar-refractivity contribution in [1.29, 1.82) is 0 Å². The van der Waals surface area contributed by atoms with Gasteiger partial charge in [0.25, 0.3) is 0 Å². The monoisotopic (exact) mass is 358 g/mol. The molecule has 1 N–H and O–H groups in total. The van der Waals surface area contributed by atoms with Gasteiger partial charge in [0.05, 0.1) is 27.0 Å². The molecule has 0 radical (unpaired) electrons. The van der Waals surface area contributed by atoms with Crippen molar-refractivity contribution < 1.29 is 19.0 Å². The van der Waals surface area contributed by atoms with E-state index in [9.17, 15) is 4.79 Å². The van der Waals surface area contributed by atoms with E-state index in [0.717, 1.165) is 17.1 Å². The number of amides is 1. The van der Waals surface area contributed by atoms with E-state index in [1.54, 1.807) is 21.3 Å². The maximum Gasteiger partial charge on any atom is 0.225 e. The van der Waals surface area contributed by atoms with Crippen LogP contribution in [-0.4, -0.2) is 45.7 Å². The number of nitrogens with one attached hydrogen (secondary N) is 1. The summed E-state index contributed by atoms with van der Waals surface area (Å²) in [6.07, 6.45) is 0.382. The van der Waals surface area contributed by atoms with Crippen molar-refractivity contribution in [2.75, 3.05) is 40.2 Å². The lowest BCUT2D eigenvalue weighted by Crippen LogP contribution is -2.24. The second kappa shape index (κ2) is 9.68. The molecule has 0 bridgehead atoms. The third kappa shape index (κ3) is 5.39. The second-order valence-corrected chi connectivity index (χ2v) is 5.91. The van der Waals surface area contributed by atoms with Gasteiger partial charge in [0.2, 0.25) is 5.91 Å². The first-order valence-electron chi connectivity index (χ1n) is 8.39. The lowest BCUT2D eigenvalue weighted by Gasteiger charge is -2.19. The van der Waals surface area contributed by atoms with E-state index in [0.29, 0.717) is 30.9 Å². The fraction of sp³-hybridized carbons (Fsp3) is 0.350. The first kappa shape index (κ1) is 19.6. The number of carbonyl (C=O) groups excluding carboxylic acids is 1. The third-order valence-electron chi connectivity index (χ3n) is 4.04. The van der Waals surface area contributed by atoms with Crippen LogP contribution >= 0.6 is 0 Å². The predicted octanol–water partition coefficient (Wildman–Crippen LogP) is 3.17. The van der Waals surface area contributed by atoms with Crippen LogP contribution in [0, 0.1) is 0 Å². The number of rotatable bonds is 9. The molecule has 0 aliphatic heterocycles. The van der Waals surface area contributed by atoms with Crippen LogP contribution in [0.5, 0.6) is 17.2 Å². The van der Waals surface area contributed by atoms with Gasteiger partial charge in [0.1, 0.15) is 17.2 Å². The Morgan fingerprint density at radius 1 is 1.00 bits per heavy atom. The van der Waals surface area contributed by atoms with Crippen molar-refractivity contribution in [3.8, 4) is 17.2 Å². The van der Waals surface area contributed by atoms with Crippen LogP contribution in [0.4, 0.5) is 5.69 Å². The zero-order valence-corrected chi connectivity index (χ0v) is 15.7. The summed E-state index contributed by atoms with van der Waals surface area (Å²) in [5.74, 6) is 2.12. The van der Waals surface area contributed by atoms with Crippen LogP contribution in [0.2, 0.25) is 0 Å². The van der Waals surface area contributed by atoms with E-state index < -0.39 is 0 Å². The number of para-hydroxylation sites is 2. The van der Waals surface area contributed by atoms with Gasteiger partial charge in [-0.3, -0.25) is 4.79 Å². The zero-order chi connectivity index (χ0) is 18.9. The Bertz CT molecular complexity index is 734. The van der Waals surface area contributed by atoms with E-state index in [1.165, 1.54) is 0 Å². The molecular weight excluding hydrogens is 332 g/mol. The molecule has 6 heteroatoms. The van der Waals surface area contributed by atoms with Gasteiger partial charge < -0.3 is 24.4 Å². The SMILES string of the molecule is COc1ccc(CN(C)CCC(=O)Nc2ccccc2OC)c(OC)c1. The maximum atomic E-state index is 12.2. The molecule has 2 aromatic rings. The van der Waals surface area contributed by atoms with Crippen molar-refractivity contribution in [3.63, 3.8) is 0 Å². The van der Waals surface area contributed by atoms with Gasteiger partial charge in [0, 0.05) is 31.1 Å². The highest BCUT2D eigenvalue weighted by molar-refractivity contribution is 5.92. The summed E-state index contributed by atoms with van der Waals surface area (Å²) in [6, 6.07) is 13.1. The number of hydrogen-bond donors (Lipinski definition) is 1. The minimum Gasteiger partial charge on any atom is -0.497 e. The molecule has 0 aliphatic carbocycles. The minimum absolute atomic E-state index is 0.0527. The molecule has 0 saturated carbocycles. The molecule has 140 valence electrons. The van der Waals surface area contributed by atoms with Gasteiger partial charge in [-0.25, -0.2) is 0 Å². The topological polar surface area (TPSA) is 60.0 Å². The largest absolute Gasteiger partial charge is 0.497 e. The molecule has 6 nitrogen and oxygen atoms in total. The predicted molar refractivity (Wildman–Crippen MR) is 102 cm³/mol. The summed E-state index contributed by atoms with van der Waals surface area (Å²) in [6.45, 7) is 1.30. The lowest BCUT2D eigenvalue weighted by molar-refractivity contribution is -0.116. The van der Waals surface area contributed by atoms with Crippen molar-refractivity contribution in [2.45, 2.75) is 13.0 Å². The normalized spacial score (nSPS) is 10.5. The highest BCUT2D eigenvalue weighted by Gasteiger charge is 2.11. The summed E-state index contributed by atoms with van der Waals surface area (Å²) in [4.78, 5) is 14.3. The van der Waals surface area contributed by atoms with E-state index in [1.807, 2.05) is 49.5 Å². The number of ether oxygens (including phenoxy) is 3. The minimum atomic E-state index is -0.0527. The first-order chi connectivity index (χ1) is 12.6. The van der Waals surface area contributed by atoms with Gasteiger partial charge in [-0.1, -0.05) is 18.2 Å². The molecular formula is C20H26N2O4. The number of methoxy groups -OCH3 is 3. The van der Waals surface area contributed by atoms with Crippen molar-refractivity contribution in [2.24, 2.45) is 0 Å². The van der Waals surface area contributed by atoms with Crippen molar-refractivity contribution >= 4 is 11.6 Å². The number of hydrogen-bond acceptors (Lipinski definition) is 5. The molecule has 0 aromatic heterocycles. The molecule has 0 aliphatic rings. The van der Waals surface area contributed by atoms with E-state index in [2.05, 4.69) is 10.2 Å². The highest BCUT2D eigenvalue weighted by atomic mass is 16.5. The van der Waals surface area contributed by atoms with Crippen LogP contribution in [0.15, 0.2) is 42.5 Å². The number of benzene rings is 2. The molecule has 2 aromatic carbocycles. The van der Waals surface area contributed by atoms with E-state index in [4.69, 9.17) is 14.2 Å². The summed E-state index contributed by atoms with van der Waals surface area (Å²) in [5, 5.41) is 2.89. The Labute approximate surface area is 154 Å². The fourth-order valence-corrected chi connectivity index (χ4v) is 2.61. The maximum absolute atomic E-state index is 12.2. The number of anilines is 1. The Hall–Kier alpha value is -2.73. The molecule has 0 heterocycles. The Kier molecular flexibility index (Phi) is 7.29. The van der Waals surface area contributed by atoms with Gasteiger partial charge in [-0.05, 0) is 25.2 Å². The number of nitrogens with zero attached hydrogens (tertiary/aromatic N) is 1. The second-order valence-electron chi connectivity index (χ2n) is 5.91. The summed E-state index contributed by atoms with van der Waals surface area (Å²) < 4.78 is 15.9. The zero-order valence-electron chi connectivity index (χ0n) is 15.7. The van der Waals surface area contributed by atoms with E-state index >= 15 is 0 Å². The Balaban J connectivity index is 1.88. The van der Waals surface area contributed by atoms with Crippen LogP contribution < -0.4 is 19.5 Å². The van der Waals surface area contributed by atoms with Crippen LogP contribution in [-0.2, 0) is 11.3 Å². The first-order valence-corrected chi connectivity index (χ1v) is 8.39. The number of carbonyl (C=O) groups is 1. The summed E-state index contributed by atoms with van der Waals surface area (Å²) in [5.41, 5.74) is 1.72. The molecule has 26 heavy (non-hydrogen) atoms. The summed E-state index contributed by atoms with van der Waals surface area (Å²) in [7, 11) is 6.82.